The summed E-state index contributed by atoms with van der Waals surface area (Å²) < 4.78 is 19.0. The van der Waals surface area contributed by atoms with Crippen molar-refractivity contribution in [3.05, 3.63) is 64.3 Å². The molecule has 0 saturated heterocycles. The number of nitrogens with zero attached hydrogens (tertiary/aromatic N) is 4. The average Bonchev–Trinajstić information content (AvgIpc) is 3.17. The first-order chi connectivity index (χ1) is 14.5. The highest BCUT2D eigenvalue weighted by Gasteiger charge is 2.24. The van der Waals surface area contributed by atoms with Crippen molar-refractivity contribution < 1.29 is 13.9 Å². The molecule has 1 aromatic carbocycles. The lowest BCUT2D eigenvalue weighted by molar-refractivity contribution is 0.256. The van der Waals surface area contributed by atoms with Gasteiger partial charge in [0.25, 0.3) is 0 Å². The third-order valence-electron chi connectivity index (χ3n) is 4.63. The van der Waals surface area contributed by atoms with Crippen molar-refractivity contribution in [2.24, 2.45) is 0 Å². The van der Waals surface area contributed by atoms with Crippen LogP contribution >= 0.6 is 11.6 Å². The van der Waals surface area contributed by atoms with Crippen molar-refractivity contribution in [1.29, 1.82) is 5.26 Å². The van der Waals surface area contributed by atoms with Crippen LogP contribution in [0.3, 0.4) is 0 Å². The van der Waals surface area contributed by atoms with Crippen molar-refractivity contribution in [3.8, 4) is 11.9 Å². The number of pyridine rings is 1. The summed E-state index contributed by atoms with van der Waals surface area (Å²) >= 11 is 5.82. The van der Waals surface area contributed by atoms with E-state index in [0.29, 0.717) is 23.9 Å². The molecule has 30 heavy (non-hydrogen) atoms. The first kappa shape index (κ1) is 19.7. The Bertz CT molecular complexity index is 1140. The number of amides is 2. The molecule has 2 N–H and O–H groups in total. The van der Waals surface area contributed by atoms with E-state index in [-0.39, 0.29) is 17.3 Å². The Kier molecular flexibility index (Phi) is 5.50. The van der Waals surface area contributed by atoms with Gasteiger partial charge in [-0.15, -0.1) is 5.10 Å². The number of ether oxygens (including phenoxy) is 1. The third-order valence-corrected chi connectivity index (χ3v) is 4.92. The average molecular weight is 427 g/mol. The first-order valence-electron chi connectivity index (χ1n) is 9.14. The van der Waals surface area contributed by atoms with Crippen molar-refractivity contribution in [1.82, 2.24) is 15.2 Å². The molecule has 1 aliphatic heterocycles. The van der Waals surface area contributed by atoms with E-state index < -0.39 is 11.8 Å². The number of H-pyrrole nitrogens is 1. The summed E-state index contributed by atoms with van der Waals surface area (Å²) in [6.45, 7) is 0.754. The van der Waals surface area contributed by atoms with E-state index in [0.717, 1.165) is 24.1 Å². The van der Waals surface area contributed by atoms with Crippen molar-refractivity contribution in [2.75, 3.05) is 16.8 Å². The molecule has 0 radical (unpaired) electrons. The number of aromatic amines is 1. The van der Waals surface area contributed by atoms with Crippen LogP contribution in [0.15, 0.2) is 36.5 Å². The summed E-state index contributed by atoms with van der Waals surface area (Å²) in [5, 5.41) is 18.9. The molecule has 3 heterocycles. The monoisotopic (exact) mass is 426 g/mol. The molecule has 2 aromatic heterocycles. The first-order valence-corrected chi connectivity index (χ1v) is 9.51. The van der Waals surface area contributed by atoms with Gasteiger partial charge in [0, 0.05) is 17.4 Å². The Labute approximate surface area is 176 Å². The van der Waals surface area contributed by atoms with Crippen LogP contribution in [0, 0.1) is 17.1 Å². The second kappa shape index (κ2) is 8.39. The maximum Gasteiger partial charge on any atom is 0.326 e. The van der Waals surface area contributed by atoms with E-state index >= 15 is 0 Å². The van der Waals surface area contributed by atoms with Gasteiger partial charge in [0.15, 0.2) is 0 Å². The topological polar surface area (TPSA) is 107 Å². The fourth-order valence-corrected chi connectivity index (χ4v) is 3.34. The van der Waals surface area contributed by atoms with Gasteiger partial charge in [0.05, 0.1) is 29.6 Å². The molecule has 0 aliphatic carbocycles. The molecule has 0 bridgehead atoms. The van der Waals surface area contributed by atoms with Crippen LogP contribution in [0.1, 0.15) is 23.4 Å². The highest BCUT2D eigenvalue weighted by Crippen LogP contribution is 2.28. The van der Waals surface area contributed by atoms with Gasteiger partial charge in [0.1, 0.15) is 17.6 Å². The van der Waals surface area contributed by atoms with E-state index in [1.807, 2.05) is 6.07 Å². The zero-order chi connectivity index (χ0) is 21.1. The molecule has 0 spiro atoms. The molecular formula is C20H16ClFN6O2. The maximum absolute atomic E-state index is 13.4. The minimum atomic E-state index is -0.580. The van der Waals surface area contributed by atoms with Crippen LogP contribution < -0.4 is 15.0 Å². The lowest BCUT2D eigenvalue weighted by Gasteiger charge is -2.24. The standard InChI is InChI=1S/C20H16ClFN6O2/c21-16-9-12(3-4-17(16)22)25-20(29)28(14-5-6-24-13(8-14)10-23)11-18-15-2-1-7-30-19(15)27-26-18/h3-6,8-9H,1-2,7,11H2,(H,25,29)(H,26,27). The number of aromatic nitrogens is 3. The number of nitriles is 1. The Morgan fingerprint density at radius 2 is 2.27 bits per heavy atom. The summed E-state index contributed by atoms with van der Waals surface area (Å²) in [5.41, 5.74) is 2.61. The molecule has 2 amide bonds. The van der Waals surface area contributed by atoms with E-state index in [1.165, 1.54) is 35.4 Å². The summed E-state index contributed by atoms with van der Waals surface area (Å²) in [7, 11) is 0. The van der Waals surface area contributed by atoms with Gasteiger partial charge in [-0.3, -0.25) is 10.00 Å². The zero-order valence-electron chi connectivity index (χ0n) is 15.7. The Morgan fingerprint density at radius 1 is 1.40 bits per heavy atom. The fraction of sp³-hybridized carbons (Fsp3) is 0.200. The van der Waals surface area contributed by atoms with Crippen molar-refractivity contribution >= 4 is 29.0 Å². The summed E-state index contributed by atoms with van der Waals surface area (Å²) in [4.78, 5) is 18.5. The number of fused-ring (bicyclic) bond motifs is 1. The molecule has 1 aliphatic rings. The number of nitrogens with one attached hydrogen (secondary N) is 2. The lowest BCUT2D eigenvalue weighted by atomic mass is 10.1. The predicted molar refractivity (Wildman–Crippen MR) is 108 cm³/mol. The number of benzene rings is 1. The van der Waals surface area contributed by atoms with Crippen molar-refractivity contribution in [3.63, 3.8) is 0 Å². The Hall–Kier alpha value is -3.64. The van der Waals surface area contributed by atoms with Crippen LogP contribution in [0.25, 0.3) is 0 Å². The number of halogens is 2. The van der Waals surface area contributed by atoms with Gasteiger partial charge < -0.3 is 10.1 Å². The second-order valence-corrected chi connectivity index (χ2v) is 7.00. The Morgan fingerprint density at radius 3 is 3.07 bits per heavy atom. The number of rotatable bonds is 4. The number of anilines is 2. The maximum atomic E-state index is 13.4. The molecule has 3 aromatic rings. The summed E-state index contributed by atoms with van der Waals surface area (Å²) in [6.07, 6.45) is 3.09. The molecule has 0 atom stereocenters. The minimum Gasteiger partial charge on any atom is -0.476 e. The molecular weight excluding hydrogens is 411 g/mol. The number of carbonyl (C=O) groups excluding carboxylic acids is 1. The molecule has 0 fully saturated rings. The minimum absolute atomic E-state index is 0.102. The molecule has 0 saturated carbocycles. The molecule has 10 heteroatoms. The van der Waals surface area contributed by atoms with E-state index in [1.54, 1.807) is 6.07 Å². The van der Waals surface area contributed by atoms with Crippen LogP contribution in [0.2, 0.25) is 5.02 Å². The fourth-order valence-electron chi connectivity index (χ4n) is 3.16. The van der Waals surface area contributed by atoms with Crippen molar-refractivity contribution in [2.45, 2.75) is 19.4 Å². The number of urea groups is 1. The number of hydrogen-bond donors (Lipinski definition) is 2. The quantitative estimate of drug-likeness (QED) is 0.654. The van der Waals surface area contributed by atoms with Gasteiger partial charge in [-0.1, -0.05) is 11.6 Å². The molecule has 8 nitrogen and oxygen atoms in total. The Balaban J connectivity index is 1.66. The van der Waals surface area contributed by atoms with E-state index in [4.69, 9.17) is 16.3 Å². The highest BCUT2D eigenvalue weighted by molar-refractivity contribution is 6.31. The van der Waals surface area contributed by atoms with E-state index in [2.05, 4.69) is 20.5 Å². The third kappa shape index (κ3) is 4.04. The summed E-state index contributed by atoms with van der Waals surface area (Å²) in [6, 6.07) is 8.52. The number of carbonyl (C=O) groups is 1. The lowest BCUT2D eigenvalue weighted by Crippen LogP contribution is -2.35. The van der Waals surface area contributed by atoms with E-state index in [9.17, 15) is 14.4 Å². The molecule has 152 valence electrons. The van der Waals surface area contributed by atoms with Crippen LogP contribution in [0.5, 0.6) is 5.88 Å². The van der Waals surface area contributed by atoms with Crippen LogP contribution in [0.4, 0.5) is 20.6 Å². The van der Waals surface area contributed by atoms with Gasteiger partial charge in [-0.25, -0.2) is 14.2 Å². The zero-order valence-corrected chi connectivity index (χ0v) is 16.4. The largest absolute Gasteiger partial charge is 0.476 e. The normalized spacial score (nSPS) is 12.4. The summed E-state index contributed by atoms with van der Waals surface area (Å²) in [5.74, 6) is -0.0437. The predicted octanol–water partition coefficient (Wildman–Crippen LogP) is 4.03. The molecule has 4 rings (SSSR count). The second-order valence-electron chi connectivity index (χ2n) is 6.59. The van der Waals surface area contributed by atoms with Gasteiger partial charge in [-0.2, -0.15) is 5.26 Å². The number of hydrogen-bond acceptors (Lipinski definition) is 5. The van der Waals surface area contributed by atoms with Crippen LogP contribution in [-0.2, 0) is 13.0 Å². The van der Waals surface area contributed by atoms with Crippen LogP contribution in [-0.4, -0.2) is 27.8 Å². The van der Waals surface area contributed by atoms with Gasteiger partial charge in [0.2, 0.25) is 5.88 Å². The van der Waals surface area contributed by atoms with Gasteiger partial charge in [-0.05, 0) is 43.2 Å². The molecule has 0 unspecified atom stereocenters. The SMILES string of the molecule is N#Cc1cc(N(Cc2[nH]nc3c2CCCO3)C(=O)Nc2ccc(F)c(Cl)c2)ccn1. The van der Waals surface area contributed by atoms with Gasteiger partial charge >= 0.3 is 6.03 Å². The highest BCUT2D eigenvalue weighted by atomic mass is 35.5. The smallest absolute Gasteiger partial charge is 0.326 e.